The van der Waals surface area contributed by atoms with Crippen molar-refractivity contribution in [3.05, 3.63) is 65.5 Å². The first-order valence-electron chi connectivity index (χ1n) is 6.84. The van der Waals surface area contributed by atoms with Crippen molar-refractivity contribution in [1.29, 1.82) is 0 Å². The zero-order chi connectivity index (χ0) is 17.0. The number of carboxylic acids is 1. The van der Waals surface area contributed by atoms with Gasteiger partial charge in [0.15, 0.2) is 0 Å². The van der Waals surface area contributed by atoms with Crippen LogP contribution in [0.15, 0.2) is 53.4 Å². The van der Waals surface area contributed by atoms with E-state index in [2.05, 4.69) is 4.72 Å². The van der Waals surface area contributed by atoms with E-state index in [1.807, 2.05) is 6.92 Å². The molecule has 1 atom stereocenters. The second-order valence-electron chi connectivity index (χ2n) is 5.16. The summed E-state index contributed by atoms with van der Waals surface area (Å²) in [5, 5.41) is 9.24. The molecular formula is C16H16FNO4S. The largest absolute Gasteiger partial charge is 0.480 e. The van der Waals surface area contributed by atoms with Crippen molar-refractivity contribution in [3.8, 4) is 0 Å². The maximum absolute atomic E-state index is 13.2. The predicted molar refractivity (Wildman–Crippen MR) is 83.0 cm³/mol. The summed E-state index contributed by atoms with van der Waals surface area (Å²) in [5.41, 5.74) is 1.28. The molecule has 2 rings (SSSR count). The highest BCUT2D eigenvalue weighted by Crippen LogP contribution is 2.13. The Balaban J connectivity index is 2.22. The summed E-state index contributed by atoms with van der Waals surface area (Å²) in [4.78, 5) is 11.3. The summed E-state index contributed by atoms with van der Waals surface area (Å²) >= 11 is 0. The van der Waals surface area contributed by atoms with E-state index in [1.54, 1.807) is 18.2 Å². The van der Waals surface area contributed by atoms with Crippen LogP contribution in [0.25, 0.3) is 0 Å². The fourth-order valence-electron chi connectivity index (χ4n) is 2.05. The molecule has 23 heavy (non-hydrogen) atoms. The monoisotopic (exact) mass is 337 g/mol. The Kier molecular flexibility index (Phi) is 5.12. The van der Waals surface area contributed by atoms with E-state index in [0.29, 0.717) is 5.56 Å². The molecule has 0 radical (unpaired) electrons. The molecule has 0 fully saturated rings. The molecular weight excluding hydrogens is 321 g/mol. The lowest BCUT2D eigenvalue weighted by atomic mass is 10.1. The van der Waals surface area contributed by atoms with Crippen LogP contribution in [0, 0.1) is 12.7 Å². The Morgan fingerprint density at radius 1 is 1.22 bits per heavy atom. The zero-order valence-electron chi connectivity index (χ0n) is 12.4. The number of carbonyl (C=O) groups is 1. The normalized spacial score (nSPS) is 12.8. The van der Waals surface area contributed by atoms with Gasteiger partial charge in [0.2, 0.25) is 10.0 Å². The predicted octanol–water partition coefficient (Wildman–Crippen LogP) is 2.11. The molecule has 0 bridgehead atoms. The molecule has 2 N–H and O–H groups in total. The van der Waals surface area contributed by atoms with Gasteiger partial charge >= 0.3 is 5.97 Å². The van der Waals surface area contributed by atoms with Gasteiger partial charge in [0.05, 0.1) is 4.90 Å². The lowest BCUT2D eigenvalue weighted by molar-refractivity contribution is -0.138. The number of carboxylic acid groups (broad SMARTS) is 1. The van der Waals surface area contributed by atoms with Gasteiger partial charge in [-0.3, -0.25) is 4.79 Å². The zero-order valence-corrected chi connectivity index (χ0v) is 13.2. The van der Waals surface area contributed by atoms with Gasteiger partial charge in [-0.05, 0) is 43.2 Å². The minimum Gasteiger partial charge on any atom is -0.480 e. The third-order valence-electron chi connectivity index (χ3n) is 3.26. The number of aryl methyl sites for hydroxylation is 1. The number of halogens is 1. The molecule has 0 saturated carbocycles. The number of benzene rings is 2. The van der Waals surface area contributed by atoms with Crippen LogP contribution in [-0.2, 0) is 21.2 Å². The molecule has 2 aromatic rings. The Morgan fingerprint density at radius 2 is 1.87 bits per heavy atom. The van der Waals surface area contributed by atoms with E-state index in [1.165, 1.54) is 30.3 Å². The molecule has 2 aromatic carbocycles. The van der Waals surface area contributed by atoms with Gasteiger partial charge in [-0.15, -0.1) is 0 Å². The third kappa shape index (κ3) is 4.61. The highest BCUT2D eigenvalue weighted by atomic mass is 32.2. The van der Waals surface area contributed by atoms with Crippen LogP contribution in [0.4, 0.5) is 4.39 Å². The molecule has 0 aliphatic heterocycles. The van der Waals surface area contributed by atoms with Crippen LogP contribution < -0.4 is 4.72 Å². The maximum Gasteiger partial charge on any atom is 0.322 e. The number of sulfonamides is 1. The first-order valence-corrected chi connectivity index (χ1v) is 8.32. The van der Waals surface area contributed by atoms with Crippen LogP contribution in [0.3, 0.4) is 0 Å². The van der Waals surface area contributed by atoms with Crippen molar-refractivity contribution in [2.45, 2.75) is 24.3 Å². The van der Waals surface area contributed by atoms with Crippen LogP contribution >= 0.6 is 0 Å². The lowest BCUT2D eigenvalue weighted by Gasteiger charge is -2.15. The van der Waals surface area contributed by atoms with Crippen molar-refractivity contribution < 1.29 is 22.7 Å². The Hall–Kier alpha value is -2.25. The van der Waals surface area contributed by atoms with Crippen molar-refractivity contribution in [2.24, 2.45) is 0 Å². The fourth-order valence-corrected chi connectivity index (χ4v) is 3.24. The number of rotatable bonds is 6. The Morgan fingerprint density at radius 3 is 2.43 bits per heavy atom. The van der Waals surface area contributed by atoms with Gasteiger partial charge in [-0.2, -0.15) is 4.72 Å². The summed E-state index contributed by atoms with van der Waals surface area (Å²) < 4.78 is 39.9. The number of nitrogens with one attached hydrogen (secondary N) is 1. The summed E-state index contributed by atoms with van der Waals surface area (Å²) in [6.45, 7) is 1.81. The molecule has 5 nitrogen and oxygen atoms in total. The van der Waals surface area contributed by atoms with Gasteiger partial charge in [-0.1, -0.05) is 29.8 Å². The summed E-state index contributed by atoms with van der Waals surface area (Å²) in [7, 11) is -3.98. The molecule has 0 aliphatic rings. The van der Waals surface area contributed by atoms with Gasteiger partial charge in [0.25, 0.3) is 0 Å². The first kappa shape index (κ1) is 17.1. The van der Waals surface area contributed by atoms with Crippen LogP contribution in [0.5, 0.6) is 0 Å². The molecule has 1 unspecified atom stereocenters. The molecule has 0 heterocycles. The van der Waals surface area contributed by atoms with Gasteiger partial charge in [-0.25, -0.2) is 12.8 Å². The minimum atomic E-state index is -3.98. The van der Waals surface area contributed by atoms with E-state index < -0.39 is 27.9 Å². The van der Waals surface area contributed by atoms with E-state index in [9.17, 15) is 22.7 Å². The van der Waals surface area contributed by atoms with Gasteiger partial charge in [0.1, 0.15) is 11.9 Å². The number of hydrogen-bond donors (Lipinski definition) is 2. The van der Waals surface area contributed by atoms with Crippen molar-refractivity contribution in [3.63, 3.8) is 0 Å². The summed E-state index contributed by atoms with van der Waals surface area (Å²) in [6, 6.07) is 10.1. The van der Waals surface area contributed by atoms with E-state index in [0.717, 1.165) is 5.56 Å². The minimum absolute atomic E-state index is 0.0198. The lowest BCUT2D eigenvalue weighted by Crippen LogP contribution is -2.42. The fraction of sp³-hybridized carbons (Fsp3) is 0.188. The molecule has 122 valence electrons. The van der Waals surface area contributed by atoms with E-state index in [-0.39, 0.29) is 11.3 Å². The number of aliphatic carboxylic acids is 1. The van der Waals surface area contributed by atoms with Gasteiger partial charge < -0.3 is 5.11 Å². The topological polar surface area (TPSA) is 83.5 Å². The standard InChI is InChI=1S/C16H16FNO4S/c1-11-5-7-14(8-6-11)23(21,22)18-15(16(19)20)10-12-3-2-4-13(17)9-12/h2-9,15,18H,10H2,1H3,(H,19,20). The van der Waals surface area contributed by atoms with Crippen LogP contribution in [-0.4, -0.2) is 25.5 Å². The van der Waals surface area contributed by atoms with Crippen LogP contribution in [0.2, 0.25) is 0 Å². The Labute approximate surface area is 133 Å². The molecule has 7 heteroatoms. The van der Waals surface area contributed by atoms with Crippen molar-refractivity contribution in [2.75, 3.05) is 0 Å². The average Bonchev–Trinajstić information content (AvgIpc) is 2.46. The summed E-state index contributed by atoms with van der Waals surface area (Å²) in [6.07, 6.45) is -0.155. The van der Waals surface area contributed by atoms with Crippen LogP contribution in [0.1, 0.15) is 11.1 Å². The SMILES string of the molecule is Cc1ccc(S(=O)(=O)NC(Cc2cccc(F)c2)C(=O)O)cc1. The second kappa shape index (κ2) is 6.89. The smallest absolute Gasteiger partial charge is 0.322 e. The molecule has 0 saturated heterocycles. The second-order valence-corrected chi connectivity index (χ2v) is 6.87. The highest BCUT2D eigenvalue weighted by molar-refractivity contribution is 7.89. The van der Waals surface area contributed by atoms with E-state index >= 15 is 0 Å². The van der Waals surface area contributed by atoms with E-state index in [4.69, 9.17) is 0 Å². The first-order chi connectivity index (χ1) is 10.8. The van der Waals surface area contributed by atoms with Crippen molar-refractivity contribution >= 4 is 16.0 Å². The molecule has 0 aromatic heterocycles. The molecule has 0 aliphatic carbocycles. The number of hydrogen-bond acceptors (Lipinski definition) is 3. The quantitative estimate of drug-likeness (QED) is 0.846. The average molecular weight is 337 g/mol. The van der Waals surface area contributed by atoms with Gasteiger partial charge in [0, 0.05) is 0 Å². The highest BCUT2D eigenvalue weighted by Gasteiger charge is 2.25. The Bertz CT molecular complexity index is 803. The summed E-state index contributed by atoms with van der Waals surface area (Å²) in [5.74, 6) is -1.84. The molecule has 0 spiro atoms. The van der Waals surface area contributed by atoms with Crippen molar-refractivity contribution in [1.82, 2.24) is 4.72 Å². The maximum atomic E-state index is 13.2. The third-order valence-corrected chi connectivity index (χ3v) is 4.74. The molecule has 0 amide bonds.